The minimum Gasteiger partial charge on any atom is -0.457 e. The van der Waals surface area contributed by atoms with Crippen LogP contribution in [0, 0.1) is 0 Å². The summed E-state index contributed by atoms with van der Waals surface area (Å²) in [7, 11) is 1.62. The molecule has 0 atom stereocenters. The van der Waals surface area contributed by atoms with E-state index in [1.807, 2.05) is 18.2 Å². The molecule has 1 heterocycles. The number of amides is 3. The number of methoxy groups -OCH3 is 1. The van der Waals surface area contributed by atoms with Crippen LogP contribution in [0.15, 0.2) is 72.9 Å². The SMILES string of the molecule is COCCCNC(=O)c1cc(Oc2ccc(NC(=O)Nc3ccccc3)cc2)ccn1. The maximum atomic E-state index is 12.2. The van der Waals surface area contributed by atoms with Crippen LogP contribution < -0.4 is 20.7 Å². The van der Waals surface area contributed by atoms with E-state index in [-0.39, 0.29) is 17.6 Å². The van der Waals surface area contributed by atoms with Gasteiger partial charge in [-0.2, -0.15) is 0 Å². The molecule has 160 valence electrons. The molecule has 3 rings (SSSR count). The summed E-state index contributed by atoms with van der Waals surface area (Å²) in [5.74, 6) is 0.775. The first kappa shape index (κ1) is 21.8. The van der Waals surface area contributed by atoms with Gasteiger partial charge in [0.25, 0.3) is 5.91 Å². The van der Waals surface area contributed by atoms with Crippen molar-refractivity contribution < 1.29 is 19.1 Å². The van der Waals surface area contributed by atoms with Crippen LogP contribution in [-0.2, 0) is 4.74 Å². The van der Waals surface area contributed by atoms with E-state index in [2.05, 4.69) is 20.9 Å². The zero-order valence-electron chi connectivity index (χ0n) is 17.1. The van der Waals surface area contributed by atoms with Crippen molar-refractivity contribution in [2.24, 2.45) is 0 Å². The molecule has 0 aliphatic carbocycles. The molecule has 1 aromatic heterocycles. The normalized spacial score (nSPS) is 10.2. The van der Waals surface area contributed by atoms with Crippen LogP contribution in [0.5, 0.6) is 11.5 Å². The minimum atomic E-state index is -0.338. The molecule has 31 heavy (non-hydrogen) atoms. The number of aromatic nitrogens is 1. The maximum absolute atomic E-state index is 12.2. The van der Waals surface area contributed by atoms with Crippen LogP contribution in [0.25, 0.3) is 0 Å². The number of nitrogens with zero attached hydrogens (tertiary/aromatic N) is 1. The highest BCUT2D eigenvalue weighted by Gasteiger charge is 2.09. The first-order chi connectivity index (χ1) is 15.1. The van der Waals surface area contributed by atoms with Crippen molar-refractivity contribution in [3.05, 3.63) is 78.6 Å². The van der Waals surface area contributed by atoms with Gasteiger partial charge in [0.15, 0.2) is 0 Å². The zero-order chi connectivity index (χ0) is 21.9. The Morgan fingerprint density at radius 2 is 1.61 bits per heavy atom. The quantitative estimate of drug-likeness (QED) is 0.449. The summed E-state index contributed by atoms with van der Waals surface area (Å²) in [6.45, 7) is 1.08. The van der Waals surface area contributed by atoms with Crippen molar-refractivity contribution >= 4 is 23.3 Å². The second kappa shape index (κ2) is 11.3. The predicted octanol–water partition coefficient (Wildman–Crippen LogP) is 4.28. The van der Waals surface area contributed by atoms with Gasteiger partial charge >= 0.3 is 6.03 Å². The highest BCUT2D eigenvalue weighted by molar-refractivity contribution is 5.99. The van der Waals surface area contributed by atoms with Gasteiger partial charge in [-0.25, -0.2) is 4.79 Å². The third-order valence-electron chi connectivity index (χ3n) is 4.15. The predicted molar refractivity (Wildman–Crippen MR) is 119 cm³/mol. The zero-order valence-corrected chi connectivity index (χ0v) is 17.1. The first-order valence-electron chi connectivity index (χ1n) is 9.78. The summed E-state index contributed by atoms with van der Waals surface area (Å²) in [5.41, 5.74) is 1.59. The number of para-hydroxylation sites is 1. The number of pyridine rings is 1. The van der Waals surface area contributed by atoms with Crippen LogP contribution in [0.1, 0.15) is 16.9 Å². The molecular formula is C23H24N4O4. The highest BCUT2D eigenvalue weighted by atomic mass is 16.5. The summed E-state index contributed by atoms with van der Waals surface area (Å²) >= 11 is 0. The van der Waals surface area contributed by atoms with Crippen LogP contribution in [0.2, 0.25) is 0 Å². The lowest BCUT2D eigenvalue weighted by molar-refractivity contribution is 0.0943. The molecule has 8 heteroatoms. The first-order valence-corrected chi connectivity index (χ1v) is 9.78. The lowest BCUT2D eigenvalue weighted by Crippen LogP contribution is -2.26. The van der Waals surface area contributed by atoms with Gasteiger partial charge < -0.3 is 25.4 Å². The van der Waals surface area contributed by atoms with Crippen LogP contribution in [0.4, 0.5) is 16.2 Å². The van der Waals surface area contributed by atoms with Gasteiger partial charge in [0, 0.05) is 43.9 Å². The summed E-state index contributed by atoms with van der Waals surface area (Å²) in [6, 6.07) is 19.0. The molecule has 8 nitrogen and oxygen atoms in total. The topological polar surface area (TPSA) is 102 Å². The fourth-order valence-corrected chi connectivity index (χ4v) is 2.67. The second-order valence-electron chi connectivity index (χ2n) is 6.55. The molecule has 0 radical (unpaired) electrons. The highest BCUT2D eigenvalue weighted by Crippen LogP contribution is 2.23. The molecule has 0 saturated carbocycles. The van der Waals surface area contributed by atoms with E-state index in [9.17, 15) is 9.59 Å². The van der Waals surface area contributed by atoms with Crippen molar-refractivity contribution in [3.63, 3.8) is 0 Å². The largest absolute Gasteiger partial charge is 0.457 e. The monoisotopic (exact) mass is 420 g/mol. The van der Waals surface area contributed by atoms with E-state index in [1.165, 1.54) is 6.20 Å². The van der Waals surface area contributed by atoms with Crippen LogP contribution in [0.3, 0.4) is 0 Å². The number of rotatable bonds is 9. The Hall–Kier alpha value is -3.91. The van der Waals surface area contributed by atoms with E-state index in [1.54, 1.807) is 55.6 Å². The average molecular weight is 420 g/mol. The van der Waals surface area contributed by atoms with Crippen molar-refractivity contribution in [3.8, 4) is 11.5 Å². The number of carbonyl (C=O) groups is 2. The Morgan fingerprint density at radius 3 is 2.32 bits per heavy atom. The van der Waals surface area contributed by atoms with Gasteiger partial charge in [0.05, 0.1) is 0 Å². The molecule has 0 aliphatic heterocycles. The standard InChI is InChI=1S/C23H24N4O4/c1-30-15-5-13-25-22(28)21-16-20(12-14-24-21)31-19-10-8-18(9-11-19)27-23(29)26-17-6-3-2-4-7-17/h2-4,6-12,14,16H,5,13,15H2,1H3,(H,25,28)(H2,26,27,29). The van der Waals surface area contributed by atoms with Gasteiger partial charge in [0.2, 0.25) is 0 Å². The maximum Gasteiger partial charge on any atom is 0.323 e. The molecule has 3 amide bonds. The fourth-order valence-electron chi connectivity index (χ4n) is 2.67. The molecule has 0 fully saturated rings. The van der Waals surface area contributed by atoms with Crippen molar-refractivity contribution in [2.75, 3.05) is 30.9 Å². The van der Waals surface area contributed by atoms with Crippen molar-refractivity contribution in [2.45, 2.75) is 6.42 Å². The molecule has 3 aromatic rings. The van der Waals surface area contributed by atoms with Gasteiger partial charge in [-0.05, 0) is 48.9 Å². The summed E-state index contributed by atoms with van der Waals surface area (Å²) in [6.07, 6.45) is 2.24. The number of urea groups is 1. The molecule has 3 N–H and O–H groups in total. The number of hydrogen-bond donors (Lipinski definition) is 3. The van der Waals surface area contributed by atoms with E-state index >= 15 is 0 Å². The van der Waals surface area contributed by atoms with Crippen molar-refractivity contribution in [1.82, 2.24) is 10.3 Å². The Balaban J connectivity index is 1.53. The molecule has 0 aliphatic rings. The lowest BCUT2D eigenvalue weighted by Gasteiger charge is -2.10. The van der Waals surface area contributed by atoms with Gasteiger partial charge in [-0.15, -0.1) is 0 Å². The second-order valence-corrected chi connectivity index (χ2v) is 6.55. The molecular weight excluding hydrogens is 396 g/mol. The number of anilines is 2. The number of carbonyl (C=O) groups excluding carboxylic acids is 2. The lowest BCUT2D eigenvalue weighted by atomic mass is 10.3. The fraction of sp³-hybridized carbons (Fsp3) is 0.174. The van der Waals surface area contributed by atoms with Gasteiger partial charge in [-0.3, -0.25) is 9.78 Å². The van der Waals surface area contributed by atoms with E-state index in [0.717, 1.165) is 6.42 Å². The summed E-state index contributed by atoms with van der Waals surface area (Å²) in [5, 5.41) is 8.29. The third kappa shape index (κ3) is 7.13. The number of benzene rings is 2. The Bertz CT molecular complexity index is 994. The van der Waals surface area contributed by atoms with E-state index < -0.39 is 0 Å². The van der Waals surface area contributed by atoms with Gasteiger partial charge in [-0.1, -0.05) is 18.2 Å². The number of ether oxygens (including phenoxy) is 2. The summed E-state index contributed by atoms with van der Waals surface area (Å²) < 4.78 is 10.8. The van der Waals surface area contributed by atoms with Gasteiger partial charge in [0.1, 0.15) is 17.2 Å². The summed E-state index contributed by atoms with van der Waals surface area (Å²) in [4.78, 5) is 28.3. The van der Waals surface area contributed by atoms with Crippen molar-refractivity contribution in [1.29, 1.82) is 0 Å². The Morgan fingerprint density at radius 1 is 0.903 bits per heavy atom. The average Bonchev–Trinajstić information content (AvgIpc) is 2.79. The van der Waals surface area contributed by atoms with E-state index in [4.69, 9.17) is 9.47 Å². The molecule has 2 aromatic carbocycles. The number of hydrogen-bond acceptors (Lipinski definition) is 5. The Labute approximate surface area is 180 Å². The minimum absolute atomic E-state index is 0.269. The van der Waals surface area contributed by atoms with Crippen LogP contribution in [-0.4, -0.2) is 37.2 Å². The smallest absolute Gasteiger partial charge is 0.323 e. The Kier molecular flexibility index (Phi) is 7.96. The van der Waals surface area contributed by atoms with E-state index in [0.29, 0.717) is 36.0 Å². The molecule has 0 saturated heterocycles. The number of nitrogens with one attached hydrogen (secondary N) is 3. The molecule has 0 spiro atoms. The third-order valence-corrected chi connectivity index (χ3v) is 4.15. The van der Waals surface area contributed by atoms with Crippen LogP contribution >= 0.6 is 0 Å². The molecule has 0 bridgehead atoms. The molecule has 0 unspecified atom stereocenters.